The van der Waals surface area contributed by atoms with Crippen LogP contribution in [0.15, 0.2) is 29.2 Å². The van der Waals surface area contributed by atoms with Crippen LogP contribution in [0, 0.1) is 12.3 Å². The van der Waals surface area contributed by atoms with E-state index in [1.165, 1.54) is 24.3 Å². The first-order valence-corrected chi connectivity index (χ1v) is 8.44. The number of benzene rings is 1. The molecule has 1 aliphatic rings. The number of rotatable bonds is 6. The molecule has 1 unspecified atom stereocenters. The monoisotopic (exact) mass is 322 g/mol. The Morgan fingerprint density at radius 1 is 1.36 bits per heavy atom. The lowest BCUT2D eigenvalue weighted by Gasteiger charge is -2.11. The predicted molar refractivity (Wildman–Crippen MR) is 81.8 cm³/mol. The summed E-state index contributed by atoms with van der Waals surface area (Å²) in [6.45, 7) is 1.06. The van der Waals surface area contributed by atoms with Crippen molar-refractivity contribution in [3.63, 3.8) is 0 Å². The fourth-order valence-electron chi connectivity index (χ4n) is 2.11. The zero-order valence-electron chi connectivity index (χ0n) is 12.0. The second-order valence-electron chi connectivity index (χ2n) is 4.90. The van der Waals surface area contributed by atoms with Gasteiger partial charge in [0, 0.05) is 18.7 Å². The number of hydrogen-bond donors (Lipinski definition) is 2. The predicted octanol–water partition coefficient (Wildman–Crippen LogP) is 0.507. The summed E-state index contributed by atoms with van der Waals surface area (Å²) in [6, 6.07) is 5.68. The molecule has 0 saturated carbocycles. The highest BCUT2D eigenvalue weighted by molar-refractivity contribution is 7.89. The highest BCUT2D eigenvalue weighted by Gasteiger charge is 2.20. The van der Waals surface area contributed by atoms with Crippen LogP contribution in [-0.2, 0) is 14.8 Å². The summed E-state index contributed by atoms with van der Waals surface area (Å²) in [7, 11) is -3.60. The van der Waals surface area contributed by atoms with Crippen LogP contribution in [0.25, 0.3) is 0 Å². The minimum Gasteiger partial charge on any atom is -0.377 e. The fraction of sp³-hybridized carbons (Fsp3) is 0.400. The number of nitrogens with one attached hydrogen (secondary N) is 2. The molecule has 2 rings (SSSR count). The second-order valence-corrected chi connectivity index (χ2v) is 6.67. The number of amides is 1. The van der Waals surface area contributed by atoms with Gasteiger partial charge in [-0.15, -0.1) is 6.42 Å². The number of carbonyl (C=O) groups is 1. The molecule has 6 nitrogen and oxygen atoms in total. The van der Waals surface area contributed by atoms with Crippen LogP contribution in [0.2, 0.25) is 0 Å². The van der Waals surface area contributed by atoms with E-state index in [0.717, 1.165) is 12.8 Å². The SMILES string of the molecule is C#CCNC(=O)c1ccc(S(=O)(=O)NCC2CCCO2)cc1. The summed E-state index contributed by atoms with van der Waals surface area (Å²) in [5, 5.41) is 2.51. The Balaban J connectivity index is 1.99. The van der Waals surface area contributed by atoms with E-state index in [1.807, 2.05) is 0 Å². The van der Waals surface area contributed by atoms with E-state index in [-0.39, 0.29) is 30.0 Å². The summed E-state index contributed by atoms with van der Waals surface area (Å²) >= 11 is 0. The number of terminal acetylenes is 1. The van der Waals surface area contributed by atoms with Crippen molar-refractivity contribution in [2.75, 3.05) is 19.7 Å². The van der Waals surface area contributed by atoms with Crippen LogP contribution in [-0.4, -0.2) is 40.1 Å². The number of hydrogen-bond acceptors (Lipinski definition) is 4. The van der Waals surface area contributed by atoms with Crippen molar-refractivity contribution in [2.45, 2.75) is 23.8 Å². The van der Waals surface area contributed by atoms with Crippen molar-refractivity contribution in [3.05, 3.63) is 29.8 Å². The third-order valence-electron chi connectivity index (χ3n) is 3.30. The molecule has 1 atom stereocenters. The molecule has 118 valence electrons. The first-order valence-electron chi connectivity index (χ1n) is 6.96. The van der Waals surface area contributed by atoms with Gasteiger partial charge >= 0.3 is 0 Å². The Bertz CT molecular complexity index is 656. The van der Waals surface area contributed by atoms with Crippen molar-refractivity contribution >= 4 is 15.9 Å². The highest BCUT2D eigenvalue weighted by Crippen LogP contribution is 2.14. The summed E-state index contributed by atoms with van der Waals surface area (Å²) in [4.78, 5) is 11.8. The number of sulfonamides is 1. The van der Waals surface area contributed by atoms with Crippen molar-refractivity contribution in [1.82, 2.24) is 10.0 Å². The molecule has 0 aromatic heterocycles. The Kier molecular flexibility index (Phi) is 5.55. The van der Waals surface area contributed by atoms with Gasteiger partial charge in [0.15, 0.2) is 0 Å². The maximum Gasteiger partial charge on any atom is 0.252 e. The lowest BCUT2D eigenvalue weighted by Crippen LogP contribution is -2.31. The molecular formula is C15H18N2O4S. The molecule has 0 radical (unpaired) electrons. The molecule has 1 aromatic carbocycles. The van der Waals surface area contributed by atoms with Gasteiger partial charge in [-0.2, -0.15) is 0 Å². The van der Waals surface area contributed by atoms with Crippen molar-refractivity contribution in [2.24, 2.45) is 0 Å². The maximum absolute atomic E-state index is 12.1. The van der Waals surface area contributed by atoms with Gasteiger partial charge in [0.2, 0.25) is 10.0 Å². The summed E-state index contributed by atoms with van der Waals surface area (Å²) < 4.78 is 32.2. The first kappa shape index (κ1) is 16.5. The van der Waals surface area contributed by atoms with Crippen LogP contribution in [0.5, 0.6) is 0 Å². The van der Waals surface area contributed by atoms with Gasteiger partial charge in [0.05, 0.1) is 17.5 Å². The normalized spacial score (nSPS) is 17.9. The molecule has 22 heavy (non-hydrogen) atoms. The van der Waals surface area contributed by atoms with Crippen LogP contribution in [0.4, 0.5) is 0 Å². The second kappa shape index (κ2) is 7.40. The Hall–Kier alpha value is -1.88. The highest BCUT2D eigenvalue weighted by atomic mass is 32.2. The van der Waals surface area contributed by atoms with E-state index < -0.39 is 10.0 Å². The Morgan fingerprint density at radius 2 is 2.09 bits per heavy atom. The van der Waals surface area contributed by atoms with E-state index in [4.69, 9.17) is 11.2 Å². The number of carbonyl (C=O) groups excluding carboxylic acids is 1. The zero-order valence-corrected chi connectivity index (χ0v) is 12.9. The summed E-state index contributed by atoms with van der Waals surface area (Å²) in [5.74, 6) is 1.96. The smallest absolute Gasteiger partial charge is 0.252 e. The molecule has 1 heterocycles. The van der Waals surface area contributed by atoms with Gasteiger partial charge in [0.25, 0.3) is 5.91 Å². The third kappa shape index (κ3) is 4.31. The number of ether oxygens (including phenoxy) is 1. The van der Waals surface area contributed by atoms with Gasteiger partial charge in [-0.05, 0) is 37.1 Å². The molecule has 0 bridgehead atoms. The van der Waals surface area contributed by atoms with Crippen LogP contribution in [0.1, 0.15) is 23.2 Å². The molecule has 1 aliphatic heterocycles. The third-order valence-corrected chi connectivity index (χ3v) is 4.74. The molecule has 0 aliphatic carbocycles. The van der Waals surface area contributed by atoms with Gasteiger partial charge in [0.1, 0.15) is 0 Å². The maximum atomic E-state index is 12.1. The molecule has 0 spiro atoms. The molecule has 1 amide bonds. The average molecular weight is 322 g/mol. The fourth-order valence-corrected chi connectivity index (χ4v) is 3.18. The molecule has 7 heteroatoms. The molecule has 1 aromatic rings. The van der Waals surface area contributed by atoms with Crippen molar-refractivity contribution in [1.29, 1.82) is 0 Å². The van der Waals surface area contributed by atoms with E-state index in [1.54, 1.807) is 0 Å². The van der Waals surface area contributed by atoms with E-state index in [9.17, 15) is 13.2 Å². The van der Waals surface area contributed by atoms with Crippen LogP contribution in [0.3, 0.4) is 0 Å². The largest absolute Gasteiger partial charge is 0.377 e. The van der Waals surface area contributed by atoms with Gasteiger partial charge in [-0.1, -0.05) is 5.92 Å². The van der Waals surface area contributed by atoms with Gasteiger partial charge < -0.3 is 10.1 Å². The average Bonchev–Trinajstić information content (AvgIpc) is 3.04. The van der Waals surface area contributed by atoms with E-state index in [2.05, 4.69) is 16.0 Å². The topological polar surface area (TPSA) is 84.5 Å². The Morgan fingerprint density at radius 3 is 2.68 bits per heavy atom. The standard InChI is InChI=1S/C15H18N2O4S/c1-2-9-16-15(18)12-5-7-14(8-6-12)22(19,20)17-11-13-4-3-10-21-13/h1,5-8,13,17H,3-4,9-11H2,(H,16,18). The lowest BCUT2D eigenvalue weighted by atomic mass is 10.2. The molecule has 2 N–H and O–H groups in total. The van der Waals surface area contributed by atoms with E-state index >= 15 is 0 Å². The summed E-state index contributed by atoms with van der Waals surface area (Å²) in [6.07, 6.45) is 6.80. The Labute approximate surface area is 130 Å². The van der Waals surface area contributed by atoms with E-state index in [0.29, 0.717) is 12.2 Å². The quantitative estimate of drug-likeness (QED) is 0.747. The van der Waals surface area contributed by atoms with Gasteiger partial charge in [-0.3, -0.25) is 4.79 Å². The molecular weight excluding hydrogens is 304 g/mol. The van der Waals surface area contributed by atoms with Gasteiger partial charge in [-0.25, -0.2) is 13.1 Å². The minimum atomic E-state index is -3.60. The minimum absolute atomic E-state index is 0.0661. The molecule has 1 saturated heterocycles. The van der Waals surface area contributed by atoms with Crippen LogP contribution >= 0.6 is 0 Å². The molecule has 1 fully saturated rings. The first-order chi connectivity index (χ1) is 10.5. The van der Waals surface area contributed by atoms with Crippen LogP contribution < -0.4 is 10.0 Å². The van der Waals surface area contributed by atoms with Crippen molar-refractivity contribution in [3.8, 4) is 12.3 Å². The lowest BCUT2D eigenvalue weighted by molar-refractivity contribution is 0.0958. The summed E-state index contributed by atoms with van der Waals surface area (Å²) in [5.41, 5.74) is 0.355. The zero-order chi connectivity index (χ0) is 16.0. The van der Waals surface area contributed by atoms with Crippen molar-refractivity contribution < 1.29 is 17.9 Å².